The fourth-order valence-corrected chi connectivity index (χ4v) is 17.8. The Bertz CT molecular complexity index is 2850. The van der Waals surface area contributed by atoms with Crippen molar-refractivity contribution in [3.63, 3.8) is 0 Å². The molecule has 0 aromatic heterocycles. The second-order valence-electron chi connectivity index (χ2n) is 28.5. The van der Waals surface area contributed by atoms with Crippen molar-refractivity contribution in [3.05, 3.63) is 41.5 Å². The first kappa shape index (κ1) is 69.8. The molecule has 4 aliphatic heterocycles. The fourth-order valence-electron chi connectivity index (χ4n) is 17.8. The van der Waals surface area contributed by atoms with Gasteiger partial charge < -0.3 is 118 Å². The van der Waals surface area contributed by atoms with E-state index in [0.717, 1.165) is 11.6 Å². The van der Waals surface area contributed by atoms with Gasteiger partial charge >= 0.3 is 17.9 Å². The highest BCUT2D eigenvalue weighted by Gasteiger charge is 2.74. The zero-order chi connectivity index (χ0) is 66.4. The molecule has 27 heteroatoms. The molecule has 512 valence electrons. The molecule has 4 saturated carbocycles. The highest BCUT2D eigenvalue weighted by Crippen LogP contribution is 2.76. The number of ether oxygens (including phenoxy) is 11. The van der Waals surface area contributed by atoms with Crippen LogP contribution in [0.4, 0.5) is 0 Å². The van der Waals surface area contributed by atoms with E-state index in [9.17, 15) is 76.0 Å². The number of fused-ring (bicyclic) bond motifs is 7. The molecule has 9 aliphatic rings. The summed E-state index contributed by atoms with van der Waals surface area (Å²) in [4.78, 5) is 43.3. The smallest absolute Gasteiger partial charge is 0.331 e. The second kappa shape index (κ2) is 26.2. The Balaban J connectivity index is 0.938. The Morgan fingerprint density at radius 1 is 0.637 bits per heavy atom. The first-order valence-electron chi connectivity index (χ1n) is 31.6. The average molecular weight is 1300 g/mol. The molecule has 8 fully saturated rings. The van der Waals surface area contributed by atoms with Crippen LogP contribution < -0.4 is 9.47 Å². The van der Waals surface area contributed by atoms with Gasteiger partial charge in [0, 0.05) is 11.5 Å². The summed E-state index contributed by atoms with van der Waals surface area (Å²) < 4.78 is 65.0. The van der Waals surface area contributed by atoms with E-state index < -0.39 is 199 Å². The molecule has 0 radical (unpaired) electrons. The number of aliphatic carboxylic acids is 1. The summed E-state index contributed by atoms with van der Waals surface area (Å²) in [6.45, 7) is 11.2. The molecule has 91 heavy (non-hydrogen) atoms. The first-order valence-corrected chi connectivity index (χ1v) is 31.6. The Labute approximate surface area is 527 Å². The minimum absolute atomic E-state index is 0.0246. The lowest BCUT2D eigenvalue weighted by Gasteiger charge is -2.71. The molecule has 13 N–H and O–H groups in total. The average Bonchev–Trinajstić information content (AvgIpc) is 0.671. The maximum absolute atomic E-state index is 15.8. The van der Waals surface area contributed by atoms with Gasteiger partial charge in [-0.3, -0.25) is 9.59 Å². The third kappa shape index (κ3) is 11.9. The Kier molecular flexibility index (Phi) is 20.1. The van der Waals surface area contributed by atoms with Crippen LogP contribution in [-0.4, -0.2) is 247 Å². The van der Waals surface area contributed by atoms with Crippen molar-refractivity contribution in [3.8, 4) is 11.5 Å². The number of aliphatic hydroxyl groups is 12. The minimum atomic E-state index is -1.99. The van der Waals surface area contributed by atoms with Gasteiger partial charge in [0.2, 0.25) is 6.29 Å². The molecule has 4 heterocycles. The number of carbonyl (C=O) groups excluding carboxylic acids is 2. The standard InChI is InChI=1S/C64H94O27/c1-28-49(88-53-45(74)41(70)34(68)26-83-53)44(73)47(76)54(84-28)89-51-48(77)50(87-40(69)15-11-30-10-13-35(81-8)36(22-30)82-9)29(2)85-56(51)91-58(80)63-19-18-59(3,4)23-32(63)31-12-14-38-60(5)24-33(67)52(90-55-46(75)43(72)42(71)37(25-65)86-55)62(7,57(78)79)39(60)16-17-61(38,6)64(31,27-66)21-20-63/h10-13,15,22,28-29,32-34,37-39,41-56,65-68,70-77H,14,16-21,23-27H2,1-9H3,(H,78,79)/t28-,29+,32-,33-,34+,37+,38+,39+,41-,42+,43-,44-,45+,46+,47+,48-,49-,50-,51+,52-,53-,54-,55-,56-,60+,61+,62-,63-,64-/m0/s1. The summed E-state index contributed by atoms with van der Waals surface area (Å²) in [6, 6.07) is 4.93. The van der Waals surface area contributed by atoms with Gasteiger partial charge in [-0.25, -0.2) is 4.79 Å². The van der Waals surface area contributed by atoms with Crippen LogP contribution in [0.15, 0.2) is 35.9 Å². The number of carbonyl (C=O) groups is 3. The predicted octanol–water partition coefficient (Wildman–Crippen LogP) is -0.0516. The van der Waals surface area contributed by atoms with E-state index in [1.807, 2.05) is 6.92 Å². The van der Waals surface area contributed by atoms with Crippen LogP contribution in [0.1, 0.15) is 112 Å². The molecular weight excluding hydrogens is 1200 g/mol. The summed E-state index contributed by atoms with van der Waals surface area (Å²) in [5, 5.41) is 145. The number of rotatable bonds is 16. The SMILES string of the molecule is COc1ccc(C=CC(=O)O[C@@H]2[C@H](O)[C@@H](O[C@@H]3O[C@@H](C)[C@H](O[C@@H]4OC[C@@H](O)[C@H](O)[C@H]4O)[C@@H](O)[C@H]3O)[C@H](OC(=O)[C@]34CCC(C)(C)C[C@H]3C3=CC[C@@H]5[C@@]6(C)C[C@H](O)[C@H](O[C@@H]7O[C@H](CO)[C@@H](O)[C@H](O)[C@H]7O)[C@@](C)(C(=O)O)[C@@H]6CC[C@@]5(C)[C@]3(CO)CC4)O[C@@H]2C)cc1OC. The minimum Gasteiger partial charge on any atom is -0.493 e. The normalized spacial score (nSPS) is 47.9. The van der Waals surface area contributed by atoms with E-state index in [1.54, 1.807) is 18.2 Å². The molecule has 0 unspecified atom stereocenters. The molecule has 0 spiro atoms. The van der Waals surface area contributed by atoms with Crippen LogP contribution in [0, 0.1) is 50.2 Å². The maximum atomic E-state index is 15.8. The number of aliphatic hydroxyl groups excluding tert-OH is 12. The third-order valence-corrected chi connectivity index (χ3v) is 23.0. The zero-order valence-electron chi connectivity index (χ0n) is 52.8. The summed E-state index contributed by atoms with van der Waals surface area (Å²) in [7, 11) is 2.93. The van der Waals surface area contributed by atoms with Gasteiger partial charge in [-0.05, 0) is 136 Å². The van der Waals surface area contributed by atoms with E-state index in [2.05, 4.69) is 26.8 Å². The Hall–Kier alpha value is -4.05. The van der Waals surface area contributed by atoms with Gasteiger partial charge in [-0.2, -0.15) is 0 Å². The molecule has 1 aromatic rings. The number of carboxylic acids is 1. The topological polar surface area (TPSA) is 416 Å². The number of carboxylic acid groups (broad SMARTS) is 1. The number of hydrogen-bond acceptors (Lipinski definition) is 26. The van der Waals surface area contributed by atoms with Crippen LogP contribution in [0.25, 0.3) is 6.08 Å². The number of methoxy groups -OCH3 is 2. The van der Waals surface area contributed by atoms with Crippen molar-refractivity contribution >= 4 is 24.0 Å². The summed E-state index contributed by atoms with van der Waals surface area (Å²) in [5.74, 6) is -3.69. The van der Waals surface area contributed by atoms with Crippen LogP contribution in [-0.2, 0) is 57.0 Å². The largest absolute Gasteiger partial charge is 0.493 e. The summed E-state index contributed by atoms with van der Waals surface area (Å²) in [5.41, 5.74) is -4.78. The van der Waals surface area contributed by atoms with Gasteiger partial charge in [0.05, 0.1) is 63.2 Å². The van der Waals surface area contributed by atoms with Gasteiger partial charge in [0.1, 0.15) is 73.2 Å². The van der Waals surface area contributed by atoms with E-state index >= 15 is 4.79 Å². The lowest BCUT2D eigenvalue weighted by Crippen LogP contribution is -2.71. The van der Waals surface area contributed by atoms with E-state index in [1.165, 1.54) is 41.1 Å². The Morgan fingerprint density at radius 2 is 1.27 bits per heavy atom. The zero-order valence-corrected chi connectivity index (χ0v) is 52.8. The van der Waals surface area contributed by atoms with Crippen LogP contribution in [0.5, 0.6) is 11.5 Å². The second-order valence-corrected chi connectivity index (χ2v) is 28.5. The number of hydrogen-bond donors (Lipinski definition) is 13. The van der Waals surface area contributed by atoms with E-state index in [0.29, 0.717) is 49.2 Å². The van der Waals surface area contributed by atoms with Gasteiger partial charge in [-0.1, -0.05) is 45.4 Å². The molecule has 5 aliphatic carbocycles. The lowest BCUT2D eigenvalue weighted by molar-refractivity contribution is -0.373. The van der Waals surface area contributed by atoms with Crippen molar-refractivity contribution in [1.29, 1.82) is 0 Å². The van der Waals surface area contributed by atoms with Crippen molar-refractivity contribution in [1.82, 2.24) is 0 Å². The molecule has 10 rings (SSSR count). The summed E-state index contributed by atoms with van der Waals surface area (Å²) >= 11 is 0. The van der Waals surface area contributed by atoms with Crippen molar-refractivity contribution in [2.24, 2.45) is 50.2 Å². The monoisotopic (exact) mass is 1290 g/mol. The molecular formula is C64H94O27. The van der Waals surface area contributed by atoms with Crippen molar-refractivity contribution < 1.29 is 133 Å². The molecule has 1 aromatic carbocycles. The number of benzene rings is 1. The van der Waals surface area contributed by atoms with Crippen LogP contribution in [0.3, 0.4) is 0 Å². The predicted molar refractivity (Wildman–Crippen MR) is 311 cm³/mol. The van der Waals surface area contributed by atoms with Crippen LogP contribution >= 0.6 is 0 Å². The van der Waals surface area contributed by atoms with Crippen LogP contribution in [0.2, 0.25) is 0 Å². The quantitative estimate of drug-likeness (QED) is 0.0446. The van der Waals surface area contributed by atoms with E-state index in [-0.39, 0.29) is 43.6 Å². The highest BCUT2D eigenvalue weighted by atomic mass is 16.8. The highest BCUT2D eigenvalue weighted by molar-refractivity contribution is 5.87. The number of esters is 2. The molecule has 4 saturated heterocycles. The lowest BCUT2D eigenvalue weighted by atomic mass is 9.33. The first-order chi connectivity index (χ1) is 42.8. The molecule has 29 atom stereocenters. The van der Waals surface area contributed by atoms with Gasteiger partial charge in [0.15, 0.2) is 42.6 Å². The maximum Gasteiger partial charge on any atom is 0.331 e. The summed E-state index contributed by atoms with van der Waals surface area (Å²) in [6.07, 6.45) is -26.8. The van der Waals surface area contributed by atoms with Crippen molar-refractivity contribution in [2.45, 2.75) is 235 Å². The fraction of sp³-hybridized carbons (Fsp3) is 0.797. The molecule has 0 bridgehead atoms. The third-order valence-electron chi connectivity index (χ3n) is 23.0. The Morgan fingerprint density at radius 3 is 1.95 bits per heavy atom. The van der Waals surface area contributed by atoms with Gasteiger partial charge in [0.25, 0.3) is 0 Å². The van der Waals surface area contributed by atoms with Gasteiger partial charge in [-0.15, -0.1) is 0 Å². The molecule has 0 amide bonds. The number of allylic oxidation sites excluding steroid dienone is 1. The molecule has 27 nitrogen and oxygen atoms in total. The van der Waals surface area contributed by atoms with Crippen molar-refractivity contribution in [2.75, 3.05) is 34.0 Å². The van der Waals surface area contributed by atoms with E-state index in [4.69, 9.17) is 52.1 Å².